The highest BCUT2D eigenvalue weighted by Gasteiger charge is 2.21. The largest absolute Gasteiger partial charge is 0.316 e. The Morgan fingerprint density at radius 2 is 2.00 bits per heavy atom. The smallest absolute Gasteiger partial charge is 0.249 e. The van der Waals surface area contributed by atoms with Gasteiger partial charge in [-0.3, -0.25) is 4.79 Å². The van der Waals surface area contributed by atoms with E-state index in [2.05, 4.69) is 6.92 Å². The van der Waals surface area contributed by atoms with Crippen LogP contribution in [0.3, 0.4) is 0 Å². The number of benzene rings is 1. The number of likely N-dealkylation sites (N-methyl/N-ethyl adjacent to an activating group) is 1. The van der Waals surface area contributed by atoms with Crippen LogP contribution in [0.15, 0.2) is 41.8 Å². The number of nitrogens with two attached hydrogens (primary N) is 1. The van der Waals surface area contributed by atoms with Crippen molar-refractivity contribution in [1.29, 1.82) is 0 Å². The molecule has 0 aliphatic carbocycles. The molecule has 19 heavy (non-hydrogen) atoms. The molecule has 0 aliphatic rings. The molecule has 2 N–H and O–H groups in total. The summed E-state index contributed by atoms with van der Waals surface area (Å²) in [4.78, 5) is 14.8. The average Bonchev–Trinajstić information content (AvgIpc) is 2.99. The zero-order valence-corrected chi connectivity index (χ0v) is 12.0. The van der Waals surface area contributed by atoms with Crippen LogP contribution in [0.5, 0.6) is 0 Å². The summed E-state index contributed by atoms with van der Waals surface area (Å²) in [5, 5.41) is 1.93. The van der Waals surface area contributed by atoms with Crippen LogP contribution in [0.4, 0.5) is 5.69 Å². The molecule has 0 saturated heterocycles. The van der Waals surface area contributed by atoms with Crippen molar-refractivity contribution in [2.45, 2.75) is 19.4 Å². The monoisotopic (exact) mass is 274 g/mol. The highest BCUT2D eigenvalue weighted by atomic mass is 32.1. The van der Waals surface area contributed by atoms with Gasteiger partial charge in [-0.1, -0.05) is 25.1 Å². The summed E-state index contributed by atoms with van der Waals surface area (Å²) in [6.07, 6.45) is 0.993. The lowest BCUT2D eigenvalue weighted by atomic mass is 10.1. The lowest BCUT2D eigenvalue weighted by Gasteiger charge is -2.21. The fourth-order valence-corrected chi connectivity index (χ4v) is 2.60. The maximum absolute atomic E-state index is 12.3. The Labute approximate surface area is 117 Å². The molecule has 4 heteroatoms. The summed E-state index contributed by atoms with van der Waals surface area (Å²) < 4.78 is 0. The standard InChI is InChI=1S/C15H18N2OS/c1-3-11-6-8-12(9-7-11)17(2)15(18)14(16)13-5-4-10-19-13/h4-10,14H,3,16H2,1-2H3. The number of hydrogen-bond donors (Lipinski definition) is 1. The molecule has 1 atom stereocenters. The first-order valence-corrected chi connectivity index (χ1v) is 7.17. The molecular weight excluding hydrogens is 256 g/mol. The minimum absolute atomic E-state index is 0.0910. The van der Waals surface area contributed by atoms with Crippen LogP contribution in [0.25, 0.3) is 0 Å². The SMILES string of the molecule is CCc1ccc(N(C)C(=O)C(N)c2cccs2)cc1. The molecule has 0 bridgehead atoms. The molecule has 3 nitrogen and oxygen atoms in total. The number of carbonyl (C=O) groups is 1. The average molecular weight is 274 g/mol. The third-order valence-corrected chi connectivity index (χ3v) is 4.13. The maximum atomic E-state index is 12.3. The predicted molar refractivity (Wildman–Crippen MR) is 80.5 cm³/mol. The molecule has 0 saturated carbocycles. The van der Waals surface area contributed by atoms with Gasteiger partial charge in [-0.2, -0.15) is 0 Å². The van der Waals surface area contributed by atoms with Gasteiger partial charge in [0.15, 0.2) is 0 Å². The van der Waals surface area contributed by atoms with Gasteiger partial charge in [0.2, 0.25) is 5.91 Å². The van der Waals surface area contributed by atoms with Crippen molar-refractivity contribution in [1.82, 2.24) is 0 Å². The first-order chi connectivity index (χ1) is 9.13. The molecule has 100 valence electrons. The van der Waals surface area contributed by atoms with Gasteiger partial charge in [0.05, 0.1) is 0 Å². The number of thiophene rings is 1. The van der Waals surface area contributed by atoms with E-state index in [1.54, 1.807) is 11.9 Å². The van der Waals surface area contributed by atoms with Crippen molar-refractivity contribution >= 4 is 22.9 Å². The summed E-state index contributed by atoms with van der Waals surface area (Å²) in [6, 6.07) is 11.2. The van der Waals surface area contributed by atoms with Gasteiger partial charge >= 0.3 is 0 Å². The molecule has 1 aromatic carbocycles. The quantitative estimate of drug-likeness (QED) is 0.931. The number of aryl methyl sites for hydroxylation is 1. The number of anilines is 1. The minimum atomic E-state index is -0.587. The number of carbonyl (C=O) groups excluding carboxylic acids is 1. The number of amides is 1. The summed E-state index contributed by atoms with van der Waals surface area (Å²) >= 11 is 1.51. The zero-order chi connectivity index (χ0) is 13.8. The molecule has 1 amide bonds. The van der Waals surface area contributed by atoms with E-state index in [0.29, 0.717) is 0 Å². The van der Waals surface area contributed by atoms with Gasteiger partial charge in [0, 0.05) is 17.6 Å². The van der Waals surface area contributed by atoms with Gasteiger partial charge in [-0.15, -0.1) is 11.3 Å². The zero-order valence-electron chi connectivity index (χ0n) is 11.2. The van der Waals surface area contributed by atoms with Crippen LogP contribution in [0.2, 0.25) is 0 Å². The molecule has 1 heterocycles. The van der Waals surface area contributed by atoms with Gasteiger partial charge in [-0.25, -0.2) is 0 Å². The highest BCUT2D eigenvalue weighted by Crippen LogP contribution is 2.22. The van der Waals surface area contributed by atoms with Crippen molar-refractivity contribution in [2.24, 2.45) is 5.73 Å². The fraction of sp³-hybridized carbons (Fsp3) is 0.267. The number of hydrogen-bond acceptors (Lipinski definition) is 3. The summed E-state index contributed by atoms with van der Waals surface area (Å²) in [6.45, 7) is 2.11. The Hall–Kier alpha value is -1.65. The Bertz CT molecular complexity index is 534. The molecule has 0 aliphatic heterocycles. The lowest BCUT2D eigenvalue weighted by molar-refractivity contribution is -0.119. The van der Waals surface area contributed by atoms with E-state index < -0.39 is 6.04 Å². The Balaban J connectivity index is 2.14. The minimum Gasteiger partial charge on any atom is -0.316 e. The Kier molecular flexibility index (Phi) is 4.35. The molecule has 1 unspecified atom stereocenters. The normalized spacial score (nSPS) is 12.2. The van der Waals surface area contributed by atoms with Crippen molar-refractivity contribution in [2.75, 3.05) is 11.9 Å². The van der Waals surface area contributed by atoms with E-state index >= 15 is 0 Å². The van der Waals surface area contributed by atoms with E-state index in [-0.39, 0.29) is 5.91 Å². The second kappa shape index (κ2) is 5.99. The number of nitrogens with zero attached hydrogens (tertiary/aromatic N) is 1. The van der Waals surface area contributed by atoms with E-state index in [1.807, 2.05) is 41.8 Å². The summed E-state index contributed by atoms with van der Waals surface area (Å²) in [5.74, 6) is -0.0910. The molecule has 2 rings (SSSR count). The second-order valence-electron chi connectivity index (χ2n) is 4.41. The first kappa shape index (κ1) is 13.8. The summed E-state index contributed by atoms with van der Waals surface area (Å²) in [7, 11) is 1.76. The fourth-order valence-electron chi connectivity index (χ4n) is 1.88. The van der Waals surface area contributed by atoms with E-state index in [0.717, 1.165) is 17.0 Å². The third kappa shape index (κ3) is 3.03. The van der Waals surface area contributed by atoms with Gasteiger partial charge < -0.3 is 10.6 Å². The van der Waals surface area contributed by atoms with Gasteiger partial charge in [-0.05, 0) is 35.6 Å². The van der Waals surface area contributed by atoms with E-state index in [9.17, 15) is 4.79 Å². The van der Waals surface area contributed by atoms with Crippen LogP contribution < -0.4 is 10.6 Å². The summed E-state index contributed by atoms with van der Waals surface area (Å²) in [5.41, 5.74) is 8.12. The van der Waals surface area contributed by atoms with Crippen LogP contribution in [-0.2, 0) is 11.2 Å². The van der Waals surface area contributed by atoms with Crippen LogP contribution >= 0.6 is 11.3 Å². The van der Waals surface area contributed by atoms with Crippen molar-refractivity contribution in [3.8, 4) is 0 Å². The highest BCUT2D eigenvalue weighted by molar-refractivity contribution is 7.10. The van der Waals surface area contributed by atoms with E-state index in [1.165, 1.54) is 16.9 Å². The third-order valence-electron chi connectivity index (χ3n) is 3.18. The van der Waals surface area contributed by atoms with Gasteiger partial charge in [0.25, 0.3) is 0 Å². The molecule has 1 aromatic heterocycles. The number of rotatable bonds is 4. The molecular formula is C15H18N2OS. The molecule has 2 aromatic rings. The van der Waals surface area contributed by atoms with Crippen LogP contribution in [-0.4, -0.2) is 13.0 Å². The molecule has 0 spiro atoms. The topological polar surface area (TPSA) is 46.3 Å². The van der Waals surface area contributed by atoms with Crippen LogP contribution in [0, 0.1) is 0 Å². The van der Waals surface area contributed by atoms with Crippen LogP contribution in [0.1, 0.15) is 23.4 Å². The van der Waals surface area contributed by atoms with E-state index in [4.69, 9.17) is 5.73 Å². The van der Waals surface area contributed by atoms with Crippen molar-refractivity contribution in [3.63, 3.8) is 0 Å². The van der Waals surface area contributed by atoms with Crippen molar-refractivity contribution < 1.29 is 4.79 Å². The van der Waals surface area contributed by atoms with Crippen molar-refractivity contribution in [3.05, 3.63) is 52.2 Å². The molecule has 0 radical (unpaired) electrons. The Morgan fingerprint density at radius 3 is 2.53 bits per heavy atom. The van der Waals surface area contributed by atoms with Gasteiger partial charge in [0.1, 0.15) is 6.04 Å². The first-order valence-electron chi connectivity index (χ1n) is 6.29. The second-order valence-corrected chi connectivity index (χ2v) is 5.39. The Morgan fingerprint density at radius 1 is 1.32 bits per heavy atom. The molecule has 0 fully saturated rings. The lowest BCUT2D eigenvalue weighted by Crippen LogP contribution is -2.35. The predicted octanol–water partition coefficient (Wildman–Crippen LogP) is 2.97. The maximum Gasteiger partial charge on any atom is 0.249 e.